The highest BCUT2D eigenvalue weighted by molar-refractivity contribution is 9.10. The van der Waals surface area contributed by atoms with Crippen LogP contribution in [0.15, 0.2) is 22.7 Å². The predicted octanol–water partition coefficient (Wildman–Crippen LogP) is 2.48. The Hall–Kier alpha value is -0.620. The van der Waals surface area contributed by atoms with Gasteiger partial charge in [0.05, 0.1) is 5.02 Å². The number of rotatable bonds is 3. The first-order chi connectivity index (χ1) is 8.99. The molecule has 1 aliphatic heterocycles. The molecular formula is C13H16BrClN2O2. The smallest absolute Gasteiger partial charge is 0.325 e. The van der Waals surface area contributed by atoms with Crippen LogP contribution in [0.3, 0.4) is 0 Å². The zero-order valence-electron chi connectivity index (χ0n) is 10.6. The van der Waals surface area contributed by atoms with Crippen molar-refractivity contribution < 1.29 is 9.90 Å². The molecule has 19 heavy (non-hydrogen) atoms. The van der Waals surface area contributed by atoms with E-state index in [-0.39, 0.29) is 0 Å². The molecule has 0 amide bonds. The van der Waals surface area contributed by atoms with Gasteiger partial charge >= 0.3 is 5.97 Å². The maximum absolute atomic E-state index is 11.6. The Bertz CT molecular complexity index is 476. The van der Waals surface area contributed by atoms with Gasteiger partial charge in [0, 0.05) is 30.7 Å². The lowest BCUT2D eigenvalue weighted by Gasteiger charge is -2.36. The van der Waals surface area contributed by atoms with Crippen LogP contribution < -0.4 is 0 Å². The fourth-order valence-electron chi connectivity index (χ4n) is 2.27. The first kappa shape index (κ1) is 14.8. The minimum Gasteiger partial charge on any atom is -0.480 e. The van der Waals surface area contributed by atoms with Crippen molar-refractivity contribution >= 4 is 33.5 Å². The summed E-state index contributed by atoms with van der Waals surface area (Å²) in [6.07, 6.45) is 0. The number of piperazine rings is 1. The fourth-order valence-corrected chi connectivity index (χ4v) is 2.71. The summed E-state index contributed by atoms with van der Waals surface area (Å²) in [6, 6.07) is 4.71. The normalized spacial score (nSPS) is 19.3. The summed E-state index contributed by atoms with van der Waals surface area (Å²) in [5.74, 6) is -0.831. The minimum absolute atomic E-state index is 0.540. The Labute approximate surface area is 126 Å². The summed E-state index contributed by atoms with van der Waals surface area (Å²) >= 11 is 9.38. The van der Waals surface area contributed by atoms with Crippen molar-refractivity contribution in [3.05, 3.63) is 33.3 Å². The number of hydrogen-bond donors (Lipinski definition) is 1. The minimum atomic E-state index is -0.831. The van der Waals surface area contributed by atoms with Gasteiger partial charge < -0.3 is 10.0 Å². The molecule has 0 aromatic heterocycles. The van der Waals surface area contributed by atoms with Crippen molar-refractivity contribution in [2.75, 3.05) is 33.2 Å². The number of carboxylic acid groups (broad SMARTS) is 1. The monoisotopic (exact) mass is 346 g/mol. The Morgan fingerprint density at radius 1 is 1.37 bits per heavy atom. The molecule has 1 fully saturated rings. The molecule has 0 spiro atoms. The van der Waals surface area contributed by atoms with Crippen LogP contribution in [0, 0.1) is 0 Å². The van der Waals surface area contributed by atoms with Gasteiger partial charge in [0.1, 0.15) is 6.04 Å². The molecule has 1 aromatic carbocycles. The van der Waals surface area contributed by atoms with Crippen molar-refractivity contribution in [2.24, 2.45) is 0 Å². The van der Waals surface area contributed by atoms with Gasteiger partial charge in [-0.05, 0) is 40.7 Å². The van der Waals surface area contributed by atoms with E-state index >= 15 is 0 Å². The number of carboxylic acids is 1. The zero-order valence-corrected chi connectivity index (χ0v) is 13.0. The average Bonchev–Trinajstić information content (AvgIpc) is 2.36. The van der Waals surface area contributed by atoms with Gasteiger partial charge in [-0.15, -0.1) is 0 Å². The SMILES string of the molecule is CN1CCN(C(C(=O)O)c2ccc(Br)c(Cl)c2)CC1. The van der Waals surface area contributed by atoms with Crippen molar-refractivity contribution in [2.45, 2.75) is 6.04 Å². The van der Waals surface area contributed by atoms with E-state index in [9.17, 15) is 9.90 Å². The molecule has 1 saturated heterocycles. The zero-order chi connectivity index (χ0) is 14.0. The molecule has 1 aromatic rings. The van der Waals surface area contributed by atoms with E-state index in [1.165, 1.54) is 0 Å². The molecule has 1 aliphatic rings. The van der Waals surface area contributed by atoms with Gasteiger partial charge in [-0.1, -0.05) is 17.7 Å². The molecule has 0 aliphatic carbocycles. The van der Waals surface area contributed by atoms with Gasteiger partial charge in [0.15, 0.2) is 0 Å². The van der Waals surface area contributed by atoms with Gasteiger partial charge in [-0.3, -0.25) is 9.69 Å². The maximum Gasteiger partial charge on any atom is 0.325 e. The fraction of sp³-hybridized carbons (Fsp3) is 0.462. The summed E-state index contributed by atoms with van der Waals surface area (Å²) in [5, 5.41) is 10.0. The molecule has 1 unspecified atom stereocenters. The topological polar surface area (TPSA) is 43.8 Å². The number of likely N-dealkylation sites (N-methyl/N-ethyl adjacent to an activating group) is 1. The summed E-state index contributed by atoms with van der Waals surface area (Å²) in [6.45, 7) is 3.27. The third-order valence-corrected chi connectivity index (χ3v) is 4.63. The lowest BCUT2D eigenvalue weighted by Crippen LogP contribution is -2.47. The number of hydrogen-bond acceptors (Lipinski definition) is 3. The summed E-state index contributed by atoms with van der Waals surface area (Å²) in [4.78, 5) is 15.8. The van der Waals surface area contributed by atoms with Crippen LogP contribution >= 0.6 is 27.5 Å². The number of carbonyl (C=O) groups is 1. The molecule has 1 atom stereocenters. The first-order valence-electron chi connectivity index (χ1n) is 6.09. The van der Waals surface area contributed by atoms with E-state index < -0.39 is 12.0 Å². The van der Waals surface area contributed by atoms with E-state index in [0.717, 1.165) is 36.2 Å². The third kappa shape index (κ3) is 3.48. The number of benzene rings is 1. The summed E-state index contributed by atoms with van der Waals surface area (Å²) in [7, 11) is 2.05. The third-order valence-electron chi connectivity index (χ3n) is 3.40. The molecule has 104 valence electrons. The Balaban J connectivity index is 2.24. The highest BCUT2D eigenvalue weighted by atomic mass is 79.9. The van der Waals surface area contributed by atoms with Crippen LogP contribution in [0.2, 0.25) is 5.02 Å². The Morgan fingerprint density at radius 2 is 2.00 bits per heavy atom. The largest absolute Gasteiger partial charge is 0.480 e. The number of aliphatic carboxylic acids is 1. The number of halogens is 2. The van der Waals surface area contributed by atoms with Crippen LogP contribution in [-0.4, -0.2) is 54.1 Å². The number of nitrogens with zero attached hydrogens (tertiary/aromatic N) is 2. The highest BCUT2D eigenvalue weighted by Crippen LogP contribution is 2.29. The van der Waals surface area contributed by atoms with Gasteiger partial charge in [0.25, 0.3) is 0 Å². The van der Waals surface area contributed by atoms with Crippen LogP contribution in [0.25, 0.3) is 0 Å². The van der Waals surface area contributed by atoms with E-state index in [1.807, 2.05) is 18.0 Å². The molecule has 1 N–H and O–H groups in total. The Kier molecular flexibility index (Phi) is 4.84. The Morgan fingerprint density at radius 3 is 2.53 bits per heavy atom. The van der Waals surface area contributed by atoms with Crippen LogP contribution in [-0.2, 0) is 4.79 Å². The molecule has 0 radical (unpaired) electrons. The second-order valence-corrected chi connectivity index (χ2v) is 6.02. The van der Waals surface area contributed by atoms with E-state index in [0.29, 0.717) is 5.02 Å². The van der Waals surface area contributed by atoms with Crippen molar-refractivity contribution in [3.63, 3.8) is 0 Å². The lowest BCUT2D eigenvalue weighted by molar-refractivity contribution is -0.144. The van der Waals surface area contributed by atoms with E-state index in [4.69, 9.17) is 11.6 Å². The van der Waals surface area contributed by atoms with Crippen molar-refractivity contribution in [1.29, 1.82) is 0 Å². The standard InChI is InChI=1S/C13H16BrClN2O2/c1-16-4-6-17(7-5-16)12(13(18)19)9-2-3-10(14)11(15)8-9/h2-3,8,12H,4-7H2,1H3,(H,18,19). The van der Waals surface area contributed by atoms with E-state index in [2.05, 4.69) is 20.8 Å². The molecule has 2 rings (SSSR count). The summed E-state index contributed by atoms with van der Waals surface area (Å²) < 4.78 is 0.778. The second-order valence-electron chi connectivity index (χ2n) is 4.75. The predicted molar refractivity (Wildman–Crippen MR) is 78.6 cm³/mol. The average molecular weight is 348 g/mol. The second kappa shape index (κ2) is 6.22. The molecule has 1 heterocycles. The van der Waals surface area contributed by atoms with Crippen LogP contribution in [0.1, 0.15) is 11.6 Å². The quantitative estimate of drug-likeness (QED) is 0.912. The van der Waals surface area contributed by atoms with Gasteiger partial charge in [-0.25, -0.2) is 0 Å². The lowest BCUT2D eigenvalue weighted by atomic mass is 10.0. The van der Waals surface area contributed by atoms with E-state index in [1.54, 1.807) is 12.1 Å². The molecular weight excluding hydrogens is 332 g/mol. The van der Waals surface area contributed by atoms with Crippen molar-refractivity contribution in [1.82, 2.24) is 9.80 Å². The molecule has 4 nitrogen and oxygen atoms in total. The summed E-state index contributed by atoms with van der Waals surface area (Å²) in [5.41, 5.74) is 0.727. The maximum atomic E-state index is 11.6. The molecule has 6 heteroatoms. The highest BCUT2D eigenvalue weighted by Gasteiger charge is 2.29. The van der Waals surface area contributed by atoms with Gasteiger partial charge in [0.2, 0.25) is 0 Å². The van der Waals surface area contributed by atoms with Crippen molar-refractivity contribution in [3.8, 4) is 0 Å². The first-order valence-corrected chi connectivity index (χ1v) is 7.26. The van der Waals surface area contributed by atoms with Crippen LogP contribution in [0.4, 0.5) is 0 Å². The van der Waals surface area contributed by atoms with Crippen LogP contribution in [0.5, 0.6) is 0 Å². The molecule has 0 bridgehead atoms. The molecule has 0 saturated carbocycles. The van der Waals surface area contributed by atoms with Gasteiger partial charge in [-0.2, -0.15) is 0 Å².